The number of thioether (sulfide) groups is 1. The number of hydrogen-bond donors (Lipinski definition) is 0. The van der Waals surface area contributed by atoms with Gasteiger partial charge in [0.05, 0.1) is 16.2 Å². The van der Waals surface area contributed by atoms with Crippen LogP contribution in [0.15, 0.2) is 59.9 Å². The number of rotatable bonds is 5. The van der Waals surface area contributed by atoms with Crippen molar-refractivity contribution in [1.29, 1.82) is 0 Å². The summed E-state index contributed by atoms with van der Waals surface area (Å²) in [7, 11) is 0. The minimum Gasteiger partial charge on any atom is -0.294 e. The summed E-state index contributed by atoms with van der Waals surface area (Å²) in [5, 5.41) is 16.7. The van der Waals surface area contributed by atoms with Gasteiger partial charge in [0.2, 0.25) is 5.16 Å². The molecule has 2 aromatic heterocycles. The van der Waals surface area contributed by atoms with E-state index in [1.807, 2.05) is 30.3 Å². The second kappa shape index (κ2) is 8.33. The average molecular weight is 466 g/mol. The van der Waals surface area contributed by atoms with Crippen molar-refractivity contribution in [3.05, 3.63) is 92.2 Å². The van der Waals surface area contributed by atoms with Crippen LogP contribution in [0.2, 0.25) is 5.02 Å². The molecule has 32 heavy (non-hydrogen) atoms. The molecule has 0 amide bonds. The van der Waals surface area contributed by atoms with E-state index in [0.717, 1.165) is 16.8 Å². The SMILES string of the molecule is O=C1CC(c2cccc(Cl)c2)Cc2c1cnc1nc(SCc3cccc([N+](=O)[O-])c3)nn21. The summed E-state index contributed by atoms with van der Waals surface area (Å²) < 4.78 is 1.64. The smallest absolute Gasteiger partial charge is 0.269 e. The van der Waals surface area contributed by atoms with Crippen molar-refractivity contribution in [2.24, 2.45) is 0 Å². The van der Waals surface area contributed by atoms with Crippen LogP contribution in [0.25, 0.3) is 5.78 Å². The second-order valence-electron chi connectivity index (χ2n) is 7.52. The molecule has 0 fully saturated rings. The summed E-state index contributed by atoms with van der Waals surface area (Å²) in [6.45, 7) is 0. The van der Waals surface area contributed by atoms with E-state index in [4.69, 9.17) is 11.6 Å². The zero-order valence-electron chi connectivity index (χ0n) is 16.6. The lowest BCUT2D eigenvalue weighted by atomic mass is 9.82. The number of aromatic nitrogens is 4. The van der Waals surface area contributed by atoms with Crippen LogP contribution in [0, 0.1) is 10.1 Å². The molecule has 8 nitrogen and oxygen atoms in total. The molecule has 0 N–H and O–H groups in total. The quantitative estimate of drug-likeness (QED) is 0.235. The maximum Gasteiger partial charge on any atom is 0.269 e. The third-order valence-electron chi connectivity index (χ3n) is 5.43. The number of non-ortho nitro benzene ring substituents is 1. The van der Waals surface area contributed by atoms with Crippen molar-refractivity contribution in [3.63, 3.8) is 0 Å². The van der Waals surface area contributed by atoms with Gasteiger partial charge in [-0.05, 0) is 35.6 Å². The van der Waals surface area contributed by atoms with Gasteiger partial charge in [-0.3, -0.25) is 14.9 Å². The fourth-order valence-corrected chi connectivity index (χ4v) is 4.85. The second-order valence-corrected chi connectivity index (χ2v) is 8.90. The van der Waals surface area contributed by atoms with Gasteiger partial charge in [-0.25, -0.2) is 4.98 Å². The number of carbonyl (C=O) groups is 1. The molecular formula is C22H16ClN5O3S. The maximum atomic E-state index is 12.8. The molecular weight excluding hydrogens is 450 g/mol. The first-order chi connectivity index (χ1) is 15.5. The van der Waals surface area contributed by atoms with E-state index >= 15 is 0 Å². The van der Waals surface area contributed by atoms with Gasteiger partial charge in [0.1, 0.15) is 0 Å². The van der Waals surface area contributed by atoms with Gasteiger partial charge in [-0.1, -0.05) is 47.6 Å². The van der Waals surface area contributed by atoms with E-state index in [1.165, 1.54) is 23.9 Å². The number of nitro benzene ring substituents is 1. The first-order valence-electron chi connectivity index (χ1n) is 9.87. The Kier molecular flexibility index (Phi) is 5.36. The maximum absolute atomic E-state index is 12.8. The molecule has 5 rings (SSSR count). The summed E-state index contributed by atoms with van der Waals surface area (Å²) in [6, 6.07) is 14.1. The van der Waals surface area contributed by atoms with Crippen LogP contribution in [-0.4, -0.2) is 30.3 Å². The lowest BCUT2D eigenvalue weighted by molar-refractivity contribution is -0.384. The molecule has 1 unspecified atom stereocenters. The molecule has 10 heteroatoms. The van der Waals surface area contributed by atoms with E-state index < -0.39 is 4.92 Å². The predicted molar refractivity (Wildman–Crippen MR) is 120 cm³/mol. The number of nitro groups is 1. The highest BCUT2D eigenvalue weighted by molar-refractivity contribution is 7.98. The Balaban J connectivity index is 1.43. The number of fused-ring (bicyclic) bond motifs is 3. The van der Waals surface area contributed by atoms with Crippen LogP contribution in [0.1, 0.15) is 39.5 Å². The highest BCUT2D eigenvalue weighted by Gasteiger charge is 2.29. The van der Waals surface area contributed by atoms with Gasteiger partial charge in [0.25, 0.3) is 11.5 Å². The number of ketones is 1. The molecule has 160 valence electrons. The summed E-state index contributed by atoms with van der Waals surface area (Å²) in [4.78, 5) is 32.2. The van der Waals surface area contributed by atoms with Crippen LogP contribution in [0.3, 0.4) is 0 Å². The molecule has 1 aliphatic rings. The van der Waals surface area contributed by atoms with E-state index in [2.05, 4.69) is 15.1 Å². The normalized spacial score (nSPS) is 15.7. The lowest BCUT2D eigenvalue weighted by Crippen LogP contribution is -2.22. The molecule has 1 atom stereocenters. The van der Waals surface area contributed by atoms with E-state index in [-0.39, 0.29) is 17.4 Å². The lowest BCUT2D eigenvalue weighted by Gasteiger charge is -2.24. The summed E-state index contributed by atoms with van der Waals surface area (Å²) >= 11 is 7.51. The molecule has 0 saturated heterocycles. The Hall–Kier alpha value is -3.30. The summed E-state index contributed by atoms with van der Waals surface area (Å²) in [5.41, 5.74) is 3.21. The average Bonchev–Trinajstić information content (AvgIpc) is 3.21. The van der Waals surface area contributed by atoms with E-state index in [1.54, 1.807) is 16.8 Å². The van der Waals surface area contributed by atoms with Crippen molar-refractivity contribution < 1.29 is 9.72 Å². The van der Waals surface area contributed by atoms with Crippen molar-refractivity contribution in [2.45, 2.75) is 29.7 Å². The molecule has 4 aromatic rings. The first kappa shape index (κ1) is 20.6. The molecule has 0 bridgehead atoms. The third kappa shape index (κ3) is 3.96. The van der Waals surface area contributed by atoms with Crippen LogP contribution in [-0.2, 0) is 12.2 Å². The standard InChI is InChI=1S/C22H16ClN5O3S/c23-16-5-2-4-14(8-16)15-9-19-18(20(29)10-15)11-24-21-25-22(26-27(19)21)32-12-13-3-1-6-17(7-13)28(30)31/h1-8,11,15H,9-10,12H2. The fourth-order valence-electron chi connectivity index (χ4n) is 3.89. The molecule has 1 aliphatic carbocycles. The predicted octanol–water partition coefficient (Wildman–Crippen LogP) is 4.89. The number of benzene rings is 2. The van der Waals surface area contributed by atoms with Crippen LogP contribution in [0.4, 0.5) is 5.69 Å². The Morgan fingerprint density at radius 1 is 1.19 bits per heavy atom. The topological polar surface area (TPSA) is 103 Å². The minimum absolute atomic E-state index is 0.00414. The van der Waals surface area contributed by atoms with E-state index in [0.29, 0.717) is 40.1 Å². The van der Waals surface area contributed by atoms with E-state index in [9.17, 15) is 14.9 Å². The van der Waals surface area contributed by atoms with Crippen LogP contribution in [0.5, 0.6) is 0 Å². The highest BCUT2D eigenvalue weighted by Crippen LogP contribution is 2.34. The third-order valence-corrected chi connectivity index (χ3v) is 6.57. The first-order valence-corrected chi connectivity index (χ1v) is 11.2. The number of carbonyl (C=O) groups excluding carboxylic acids is 1. The fraction of sp³-hybridized carbons (Fsp3) is 0.182. The van der Waals surface area contributed by atoms with Crippen molar-refractivity contribution in [1.82, 2.24) is 19.6 Å². The van der Waals surface area contributed by atoms with Crippen LogP contribution >= 0.6 is 23.4 Å². The molecule has 0 aliphatic heterocycles. The van der Waals surface area contributed by atoms with Gasteiger partial charge in [0.15, 0.2) is 5.78 Å². The zero-order chi connectivity index (χ0) is 22.2. The van der Waals surface area contributed by atoms with Crippen molar-refractivity contribution >= 4 is 40.6 Å². The molecule has 0 spiro atoms. The van der Waals surface area contributed by atoms with Gasteiger partial charge >= 0.3 is 0 Å². The van der Waals surface area contributed by atoms with Gasteiger partial charge in [-0.15, -0.1) is 5.10 Å². The number of hydrogen-bond acceptors (Lipinski definition) is 7. The highest BCUT2D eigenvalue weighted by atomic mass is 35.5. The zero-order valence-corrected chi connectivity index (χ0v) is 18.2. The Labute approximate surface area is 191 Å². The van der Waals surface area contributed by atoms with Gasteiger partial charge < -0.3 is 0 Å². The number of nitrogens with zero attached hydrogens (tertiary/aromatic N) is 5. The molecule has 2 heterocycles. The minimum atomic E-state index is -0.416. The summed E-state index contributed by atoms with van der Waals surface area (Å²) in [5.74, 6) is 0.923. The van der Waals surface area contributed by atoms with Crippen LogP contribution < -0.4 is 0 Å². The Morgan fingerprint density at radius 2 is 2.03 bits per heavy atom. The largest absolute Gasteiger partial charge is 0.294 e. The monoisotopic (exact) mass is 465 g/mol. The van der Waals surface area contributed by atoms with Gasteiger partial charge in [-0.2, -0.15) is 9.50 Å². The number of Topliss-reactive ketones (excluding diaryl/α,β-unsaturated/α-hetero) is 1. The van der Waals surface area contributed by atoms with Crippen molar-refractivity contribution in [3.8, 4) is 0 Å². The van der Waals surface area contributed by atoms with Gasteiger partial charge in [0, 0.05) is 35.5 Å². The number of halogens is 1. The molecule has 0 radical (unpaired) electrons. The Morgan fingerprint density at radius 3 is 2.84 bits per heavy atom. The molecule has 0 saturated carbocycles. The summed E-state index contributed by atoms with van der Waals surface area (Å²) in [6.07, 6.45) is 2.59. The van der Waals surface area contributed by atoms with Crippen molar-refractivity contribution in [2.75, 3.05) is 0 Å². The Bertz CT molecular complexity index is 1370. The molecule has 2 aromatic carbocycles.